The molecule has 7 nitrogen and oxygen atoms in total. The van der Waals surface area contributed by atoms with E-state index in [1.807, 2.05) is 25.6 Å². The van der Waals surface area contributed by atoms with Crippen molar-refractivity contribution in [1.29, 1.82) is 0 Å². The second kappa shape index (κ2) is 8.28. The second-order valence-electron chi connectivity index (χ2n) is 7.56. The van der Waals surface area contributed by atoms with Gasteiger partial charge in [-0.15, -0.1) is 0 Å². The third-order valence-electron chi connectivity index (χ3n) is 5.52. The number of aromatic nitrogens is 2. The molecule has 0 amide bonds. The Morgan fingerprint density at radius 1 is 1.23 bits per heavy atom. The fourth-order valence-electron chi connectivity index (χ4n) is 4.04. The van der Waals surface area contributed by atoms with Gasteiger partial charge in [0.25, 0.3) is 0 Å². The predicted octanol–water partition coefficient (Wildman–Crippen LogP) is 3.60. The Bertz CT molecular complexity index is 1130. The molecule has 2 heterocycles. The molecule has 4 rings (SSSR count). The monoisotopic (exact) mass is 429 g/mol. The summed E-state index contributed by atoms with van der Waals surface area (Å²) in [5, 5.41) is 4.62. The molecule has 0 saturated carbocycles. The Hall–Kier alpha value is -2.58. The summed E-state index contributed by atoms with van der Waals surface area (Å²) >= 11 is 0. The highest BCUT2D eigenvalue weighted by Crippen LogP contribution is 2.29. The van der Waals surface area contributed by atoms with Crippen LogP contribution in [0.3, 0.4) is 0 Å². The van der Waals surface area contributed by atoms with Crippen LogP contribution in [0.1, 0.15) is 41.6 Å². The summed E-state index contributed by atoms with van der Waals surface area (Å²) in [6.45, 7) is 4.64. The van der Waals surface area contributed by atoms with Crippen molar-refractivity contribution in [3.05, 3.63) is 64.9 Å². The molecule has 0 aliphatic heterocycles. The predicted molar refractivity (Wildman–Crippen MR) is 113 cm³/mol. The number of hydrogen-bond donors (Lipinski definition) is 0. The molecule has 0 unspecified atom stereocenters. The van der Waals surface area contributed by atoms with Crippen LogP contribution in [0.2, 0.25) is 0 Å². The van der Waals surface area contributed by atoms with Crippen LogP contribution in [-0.2, 0) is 43.0 Å². The topological polar surface area (TPSA) is 77.6 Å². The molecule has 30 heavy (non-hydrogen) atoms. The fraction of sp³-hybridized carbons (Fsp3) is 0.409. The maximum absolute atomic E-state index is 13.6. The molecule has 0 bridgehead atoms. The molecule has 0 N–H and O–H groups in total. The summed E-state index contributed by atoms with van der Waals surface area (Å²) in [6.07, 6.45) is 4.56. The van der Waals surface area contributed by atoms with E-state index in [-0.39, 0.29) is 18.0 Å². The molecule has 3 aromatic rings. The summed E-state index contributed by atoms with van der Waals surface area (Å²) < 4.78 is 41.5. The van der Waals surface area contributed by atoms with Crippen molar-refractivity contribution in [2.45, 2.75) is 51.1 Å². The number of benzene rings is 1. The van der Waals surface area contributed by atoms with Crippen LogP contribution < -0.4 is 4.74 Å². The van der Waals surface area contributed by atoms with Crippen LogP contribution in [0, 0.1) is 6.92 Å². The maximum atomic E-state index is 13.6. The number of rotatable bonds is 8. The average molecular weight is 430 g/mol. The van der Waals surface area contributed by atoms with Crippen molar-refractivity contribution in [2.24, 2.45) is 7.05 Å². The Morgan fingerprint density at radius 2 is 2.07 bits per heavy atom. The number of ether oxygens (including phenoxy) is 1. The highest BCUT2D eigenvalue weighted by Gasteiger charge is 2.30. The lowest BCUT2D eigenvalue weighted by Crippen LogP contribution is -2.30. The maximum Gasteiger partial charge on any atom is 0.243 e. The van der Waals surface area contributed by atoms with Gasteiger partial charge in [-0.05, 0) is 74.6 Å². The smallest absolute Gasteiger partial charge is 0.243 e. The van der Waals surface area contributed by atoms with E-state index in [1.165, 1.54) is 15.6 Å². The molecule has 0 saturated heterocycles. The van der Waals surface area contributed by atoms with Gasteiger partial charge in [-0.25, -0.2) is 8.42 Å². The quantitative estimate of drug-likeness (QED) is 0.547. The zero-order chi connectivity index (χ0) is 21.3. The minimum atomic E-state index is -3.77. The lowest BCUT2D eigenvalue weighted by molar-refractivity contribution is 0.337. The third kappa shape index (κ3) is 3.89. The van der Waals surface area contributed by atoms with Crippen molar-refractivity contribution in [3.63, 3.8) is 0 Å². The normalized spacial score (nSPS) is 13.7. The van der Waals surface area contributed by atoms with Crippen molar-refractivity contribution in [3.8, 4) is 5.75 Å². The number of fused-ring (bicyclic) bond motifs is 1. The molecule has 160 valence electrons. The Balaban J connectivity index is 1.70. The highest BCUT2D eigenvalue weighted by atomic mass is 32.2. The van der Waals surface area contributed by atoms with Crippen molar-refractivity contribution in [1.82, 2.24) is 14.1 Å². The van der Waals surface area contributed by atoms with Crippen LogP contribution in [0.5, 0.6) is 5.75 Å². The Morgan fingerprint density at radius 3 is 2.77 bits per heavy atom. The van der Waals surface area contributed by atoms with E-state index < -0.39 is 10.0 Å². The van der Waals surface area contributed by atoms with Crippen LogP contribution >= 0.6 is 0 Å². The number of nitrogens with zero attached hydrogens (tertiary/aromatic N) is 3. The molecular weight excluding hydrogens is 402 g/mol. The average Bonchev–Trinajstić information content (AvgIpc) is 3.44. The van der Waals surface area contributed by atoms with E-state index in [4.69, 9.17) is 9.15 Å². The molecule has 1 aliphatic rings. The molecule has 0 radical (unpaired) electrons. The number of aryl methyl sites for hydroxylation is 2. The first-order valence-electron chi connectivity index (χ1n) is 10.2. The van der Waals surface area contributed by atoms with E-state index in [2.05, 4.69) is 5.10 Å². The first-order chi connectivity index (χ1) is 14.4. The van der Waals surface area contributed by atoms with Crippen molar-refractivity contribution in [2.75, 3.05) is 6.61 Å². The molecule has 2 aromatic heterocycles. The number of sulfonamides is 1. The second-order valence-corrected chi connectivity index (χ2v) is 9.50. The first kappa shape index (κ1) is 20.7. The lowest BCUT2D eigenvalue weighted by Gasteiger charge is -2.21. The van der Waals surface area contributed by atoms with E-state index in [9.17, 15) is 8.42 Å². The summed E-state index contributed by atoms with van der Waals surface area (Å²) in [5.74, 6) is 1.28. The Kier molecular flexibility index (Phi) is 5.71. The van der Waals surface area contributed by atoms with Gasteiger partial charge in [0.1, 0.15) is 11.5 Å². The highest BCUT2D eigenvalue weighted by molar-refractivity contribution is 7.89. The summed E-state index contributed by atoms with van der Waals surface area (Å²) in [5.41, 5.74) is 4.00. The van der Waals surface area contributed by atoms with Crippen LogP contribution in [0.4, 0.5) is 0 Å². The largest absolute Gasteiger partial charge is 0.494 e. The van der Waals surface area contributed by atoms with Gasteiger partial charge in [0.15, 0.2) is 0 Å². The van der Waals surface area contributed by atoms with Gasteiger partial charge in [-0.2, -0.15) is 9.40 Å². The Labute approximate surface area is 177 Å². The fourth-order valence-corrected chi connectivity index (χ4v) is 5.50. The van der Waals surface area contributed by atoms with Crippen molar-refractivity contribution < 1.29 is 17.6 Å². The molecule has 1 aromatic carbocycles. The van der Waals surface area contributed by atoms with Gasteiger partial charge in [-0.1, -0.05) is 0 Å². The molecule has 0 spiro atoms. The van der Waals surface area contributed by atoms with Gasteiger partial charge in [-0.3, -0.25) is 4.68 Å². The third-order valence-corrected chi connectivity index (χ3v) is 7.31. The van der Waals surface area contributed by atoms with Gasteiger partial charge >= 0.3 is 0 Å². The van der Waals surface area contributed by atoms with Crippen molar-refractivity contribution >= 4 is 10.0 Å². The zero-order valence-corrected chi connectivity index (χ0v) is 18.4. The van der Waals surface area contributed by atoms with Gasteiger partial charge in [0, 0.05) is 12.7 Å². The van der Waals surface area contributed by atoms with Gasteiger partial charge in [0.2, 0.25) is 10.0 Å². The minimum Gasteiger partial charge on any atom is -0.494 e. The van der Waals surface area contributed by atoms with E-state index in [0.29, 0.717) is 18.1 Å². The standard InChI is InChI=1S/C22H27N3O4S/c1-4-28-22-11-10-18(13-16(22)2)30(26,27)25(14-17-7-6-12-29-17)15-20-19-8-5-9-21(19)24(3)23-20/h6-7,10-13H,4-5,8-9,14-15H2,1-3H3. The van der Waals surface area contributed by atoms with Gasteiger partial charge < -0.3 is 9.15 Å². The summed E-state index contributed by atoms with van der Waals surface area (Å²) in [7, 11) is -1.84. The lowest BCUT2D eigenvalue weighted by atomic mass is 10.2. The summed E-state index contributed by atoms with van der Waals surface area (Å²) in [6, 6.07) is 8.54. The SMILES string of the molecule is CCOc1ccc(S(=O)(=O)N(Cc2ccco2)Cc2nn(C)c3c2CCC3)cc1C. The number of hydrogen-bond acceptors (Lipinski definition) is 5. The van der Waals surface area contributed by atoms with E-state index >= 15 is 0 Å². The molecule has 1 aliphatic carbocycles. The van der Waals surface area contributed by atoms with E-state index in [0.717, 1.165) is 30.5 Å². The minimum absolute atomic E-state index is 0.146. The van der Waals surface area contributed by atoms with Gasteiger partial charge in [0.05, 0.1) is 36.5 Å². The summed E-state index contributed by atoms with van der Waals surface area (Å²) in [4.78, 5) is 0.239. The molecule has 8 heteroatoms. The van der Waals surface area contributed by atoms with Crippen LogP contribution in [-0.4, -0.2) is 29.1 Å². The zero-order valence-electron chi connectivity index (χ0n) is 17.6. The molecular formula is C22H27N3O4S. The molecule has 0 fully saturated rings. The van der Waals surface area contributed by atoms with E-state index in [1.54, 1.807) is 36.6 Å². The van der Waals surface area contributed by atoms with Crippen LogP contribution in [0.25, 0.3) is 0 Å². The van der Waals surface area contributed by atoms with Crippen LogP contribution in [0.15, 0.2) is 45.9 Å². The first-order valence-corrected chi connectivity index (χ1v) is 11.6. The number of furan rings is 1. The molecule has 0 atom stereocenters.